The summed E-state index contributed by atoms with van der Waals surface area (Å²) >= 11 is 0. The molecule has 1 aliphatic carbocycles. The molecule has 2 amide bonds. The van der Waals surface area contributed by atoms with Gasteiger partial charge in [0.15, 0.2) is 0 Å². The quantitative estimate of drug-likeness (QED) is 0.575. The van der Waals surface area contributed by atoms with Crippen molar-refractivity contribution in [2.24, 2.45) is 0 Å². The molecule has 0 spiro atoms. The molecule has 2 atom stereocenters. The Hall–Kier alpha value is -2.26. The Morgan fingerprint density at radius 3 is 2.54 bits per heavy atom. The SMILES string of the molecule is O=C(NO)c1cnc(N2C[C@@H]3CC2CN3C(=O)COC2CCCC2)nc1. The summed E-state index contributed by atoms with van der Waals surface area (Å²) < 4.78 is 5.75. The Morgan fingerprint density at radius 2 is 1.92 bits per heavy atom. The van der Waals surface area contributed by atoms with Crippen LogP contribution in [0.4, 0.5) is 5.95 Å². The summed E-state index contributed by atoms with van der Waals surface area (Å²) in [5.41, 5.74) is 1.75. The van der Waals surface area contributed by atoms with Gasteiger partial charge in [-0.25, -0.2) is 15.4 Å². The molecule has 2 saturated heterocycles. The number of likely N-dealkylation sites (tertiary alicyclic amines) is 1. The summed E-state index contributed by atoms with van der Waals surface area (Å²) in [6, 6.07) is 0.344. The fraction of sp³-hybridized carbons (Fsp3) is 0.647. The zero-order valence-electron chi connectivity index (χ0n) is 14.5. The highest BCUT2D eigenvalue weighted by Crippen LogP contribution is 2.33. The van der Waals surface area contributed by atoms with Crippen LogP contribution >= 0.6 is 0 Å². The van der Waals surface area contributed by atoms with Gasteiger partial charge in [-0.05, 0) is 19.3 Å². The Morgan fingerprint density at radius 1 is 1.19 bits per heavy atom. The van der Waals surface area contributed by atoms with Crippen LogP contribution in [0.5, 0.6) is 0 Å². The molecule has 2 N–H and O–H groups in total. The van der Waals surface area contributed by atoms with Gasteiger partial charge >= 0.3 is 0 Å². The average molecular weight is 361 g/mol. The minimum absolute atomic E-state index is 0.0694. The number of piperazine rings is 1. The Labute approximate surface area is 151 Å². The highest BCUT2D eigenvalue weighted by Gasteiger charge is 2.46. The molecule has 3 heterocycles. The molecule has 0 radical (unpaired) electrons. The normalized spacial score (nSPS) is 25.1. The van der Waals surface area contributed by atoms with E-state index in [0.29, 0.717) is 19.0 Å². The van der Waals surface area contributed by atoms with Gasteiger partial charge in [-0.2, -0.15) is 0 Å². The Balaban J connectivity index is 1.33. The first kappa shape index (κ1) is 17.2. The van der Waals surface area contributed by atoms with E-state index in [1.807, 2.05) is 4.90 Å². The molecule has 1 saturated carbocycles. The number of hydroxylamine groups is 1. The maximum Gasteiger partial charge on any atom is 0.277 e. The van der Waals surface area contributed by atoms with Gasteiger partial charge in [0.2, 0.25) is 11.9 Å². The summed E-state index contributed by atoms with van der Waals surface area (Å²) in [5, 5.41) is 8.64. The van der Waals surface area contributed by atoms with Crippen molar-refractivity contribution in [1.82, 2.24) is 20.3 Å². The number of nitrogens with one attached hydrogen (secondary N) is 1. The predicted molar refractivity (Wildman–Crippen MR) is 90.7 cm³/mol. The van der Waals surface area contributed by atoms with Crippen molar-refractivity contribution in [3.8, 4) is 0 Å². The first-order valence-electron chi connectivity index (χ1n) is 9.10. The van der Waals surface area contributed by atoms with Gasteiger partial charge in [0.25, 0.3) is 5.91 Å². The second-order valence-corrected chi connectivity index (χ2v) is 7.17. The van der Waals surface area contributed by atoms with Crippen LogP contribution in [0, 0.1) is 0 Å². The summed E-state index contributed by atoms with van der Waals surface area (Å²) in [5.74, 6) is -0.0280. The molecule has 0 aromatic carbocycles. The smallest absolute Gasteiger partial charge is 0.277 e. The topological polar surface area (TPSA) is 108 Å². The van der Waals surface area contributed by atoms with E-state index in [0.717, 1.165) is 19.3 Å². The molecule has 26 heavy (non-hydrogen) atoms. The van der Waals surface area contributed by atoms with Gasteiger partial charge in [-0.1, -0.05) is 12.8 Å². The average Bonchev–Trinajstić information content (AvgIpc) is 3.42. The lowest BCUT2D eigenvalue weighted by Gasteiger charge is -2.34. The second-order valence-electron chi connectivity index (χ2n) is 7.17. The van der Waals surface area contributed by atoms with Gasteiger partial charge in [0.1, 0.15) is 6.61 Å². The molecule has 9 heteroatoms. The number of anilines is 1. The third-order valence-corrected chi connectivity index (χ3v) is 5.56. The molecule has 3 aliphatic rings. The maximum absolute atomic E-state index is 12.5. The number of hydrogen-bond donors (Lipinski definition) is 2. The molecule has 1 aromatic rings. The second kappa shape index (κ2) is 7.16. The summed E-state index contributed by atoms with van der Waals surface area (Å²) in [6.07, 6.45) is 8.44. The van der Waals surface area contributed by atoms with Gasteiger partial charge < -0.3 is 14.5 Å². The first-order chi connectivity index (χ1) is 12.7. The van der Waals surface area contributed by atoms with E-state index in [1.54, 1.807) is 5.48 Å². The van der Waals surface area contributed by atoms with Gasteiger partial charge in [-0.3, -0.25) is 14.8 Å². The van der Waals surface area contributed by atoms with Crippen LogP contribution in [-0.4, -0.2) is 69.8 Å². The lowest BCUT2D eigenvalue weighted by atomic mass is 10.2. The zero-order chi connectivity index (χ0) is 18.1. The third-order valence-electron chi connectivity index (χ3n) is 5.56. The third kappa shape index (κ3) is 3.24. The molecule has 3 fully saturated rings. The van der Waals surface area contributed by atoms with E-state index in [9.17, 15) is 9.59 Å². The van der Waals surface area contributed by atoms with Crippen LogP contribution in [0.25, 0.3) is 0 Å². The summed E-state index contributed by atoms with van der Waals surface area (Å²) in [4.78, 5) is 36.2. The highest BCUT2D eigenvalue weighted by atomic mass is 16.5. The molecule has 140 valence electrons. The largest absolute Gasteiger partial charge is 0.368 e. The summed E-state index contributed by atoms with van der Waals surface area (Å²) in [6.45, 7) is 1.51. The first-order valence-corrected chi connectivity index (χ1v) is 9.10. The van der Waals surface area contributed by atoms with Crippen molar-refractivity contribution >= 4 is 17.8 Å². The molecular formula is C17H23N5O4. The Kier molecular flexibility index (Phi) is 4.73. The van der Waals surface area contributed by atoms with Crippen molar-refractivity contribution in [1.29, 1.82) is 0 Å². The van der Waals surface area contributed by atoms with Gasteiger partial charge in [0.05, 0.1) is 23.8 Å². The molecule has 1 aromatic heterocycles. The van der Waals surface area contributed by atoms with Crippen LogP contribution in [0.3, 0.4) is 0 Å². The number of aromatic nitrogens is 2. The van der Waals surface area contributed by atoms with Gasteiger partial charge in [-0.15, -0.1) is 0 Å². The summed E-state index contributed by atoms with van der Waals surface area (Å²) in [7, 11) is 0. The number of rotatable bonds is 5. The van der Waals surface area contributed by atoms with Gasteiger partial charge in [0, 0.05) is 25.5 Å². The van der Waals surface area contributed by atoms with Crippen LogP contribution in [0.1, 0.15) is 42.5 Å². The van der Waals surface area contributed by atoms with Crippen LogP contribution < -0.4 is 10.4 Å². The number of nitrogens with zero attached hydrogens (tertiary/aromatic N) is 4. The number of fused-ring (bicyclic) bond motifs is 2. The number of carbonyl (C=O) groups excluding carboxylic acids is 2. The molecule has 4 rings (SSSR count). The fourth-order valence-electron chi connectivity index (χ4n) is 4.20. The number of carbonyl (C=O) groups is 2. The van der Waals surface area contributed by atoms with Crippen molar-refractivity contribution in [3.05, 3.63) is 18.0 Å². The van der Waals surface area contributed by atoms with Crippen molar-refractivity contribution in [2.45, 2.75) is 50.3 Å². The van der Waals surface area contributed by atoms with Crippen molar-refractivity contribution in [2.75, 3.05) is 24.6 Å². The van der Waals surface area contributed by atoms with E-state index < -0.39 is 5.91 Å². The maximum atomic E-state index is 12.5. The van der Waals surface area contributed by atoms with E-state index in [-0.39, 0.29) is 36.3 Å². The standard InChI is InChI=1S/C17H23N5O4/c23-15(10-26-14-3-1-2-4-14)21-8-13-5-12(21)9-22(13)17-18-6-11(7-19-17)16(24)20-25/h6-7,12-14,25H,1-5,8-10H2,(H,20,24)/t12-,13?/m0/s1. The van der Waals surface area contributed by atoms with Crippen molar-refractivity contribution in [3.63, 3.8) is 0 Å². The van der Waals surface area contributed by atoms with E-state index >= 15 is 0 Å². The van der Waals surface area contributed by atoms with Crippen molar-refractivity contribution < 1.29 is 19.5 Å². The highest BCUT2D eigenvalue weighted by molar-refractivity contribution is 5.92. The number of hydrogen-bond acceptors (Lipinski definition) is 7. The number of ether oxygens (including phenoxy) is 1. The molecule has 1 unspecified atom stereocenters. The molecule has 2 aliphatic heterocycles. The van der Waals surface area contributed by atoms with Crippen LogP contribution in [0.2, 0.25) is 0 Å². The Bertz CT molecular complexity index is 676. The minimum atomic E-state index is -0.640. The fourth-order valence-corrected chi connectivity index (χ4v) is 4.20. The van der Waals surface area contributed by atoms with Crippen LogP contribution in [0.15, 0.2) is 12.4 Å². The lowest BCUT2D eigenvalue weighted by molar-refractivity contribution is -0.139. The van der Waals surface area contributed by atoms with E-state index in [4.69, 9.17) is 9.94 Å². The molecule has 2 bridgehead atoms. The van der Waals surface area contributed by atoms with Crippen LogP contribution in [-0.2, 0) is 9.53 Å². The minimum Gasteiger partial charge on any atom is -0.368 e. The number of amides is 2. The van der Waals surface area contributed by atoms with E-state index in [2.05, 4.69) is 14.9 Å². The van der Waals surface area contributed by atoms with E-state index in [1.165, 1.54) is 25.2 Å². The molecule has 9 nitrogen and oxygen atoms in total. The zero-order valence-corrected chi connectivity index (χ0v) is 14.5. The molecular weight excluding hydrogens is 338 g/mol. The predicted octanol–water partition coefficient (Wildman–Crippen LogP) is 0.344. The monoisotopic (exact) mass is 361 g/mol. The lowest BCUT2D eigenvalue weighted by Crippen LogP contribution is -2.50.